The Kier molecular flexibility index (Phi) is 6.79. The Morgan fingerprint density at radius 3 is 2.40 bits per heavy atom. The van der Waals surface area contributed by atoms with Crippen LogP contribution in [-0.4, -0.2) is 103 Å². The van der Waals surface area contributed by atoms with Gasteiger partial charge in [-0.05, 0) is 19.9 Å². The number of piperazine rings is 1. The number of carbonyl (C=O) groups is 1. The average Bonchev–Trinajstić information content (AvgIpc) is 2.74. The summed E-state index contributed by atoms with van der Waals surface area (Å²) >= 11 is 0. The highest BCUT2D eigenvalue weighted by Gasteiger charge is 2.41. The third kappa shape index (κ3) is 5.00. The van der Waals surface area contributed by atoms with Crippen LogP contribution in [0.2, 0.25) is 0 Å². The number of aromatic nitrogens is 2. The Labute approximate surface area is 178 Å². The molecule has 3 heterocycles. The quantitative estimate of drug-likeness (QED) is 0.500. The topological polar surface area (TPSA) is 111 Å². The highest BCUT2D eigenvalue weighted by molar-refractivity contribution is 7.92. The minimum absolute atomic E-state index is 0.0909. The Balaban J connectivity index is 1.44. The van der Waals surface area contributed by atoms with Crippen molar-refractivity contribution in [3.63, 3.8) is 0 Å². The summed E-state index contributed by atoms with van der Waals surface area (Å²) in [7, 11) is -1.44. The van der Waals surface area contributed by atoms with E-state index < -0.39 is 14.6 Å². The number of amides is 1. The first-order valence-corrected chi connectivity index (χ1v) is 11.9. The van der Waals surface area contributed by atoms with Gasteiger partial charge in [-0.25, -0.2) is 18.4 Å². The van der Waals surface area contributed by atoms with E-state index in [1.165, 1.54) is 0 Å². The summed E-state index contributed by atoms with van der Waals surface area (Å²) in [6.07, 6.45) is 3.80. The van der Waals surface area contributed by atoms with E-state index in [9.17, 15) is 13.2 Å². The van der Waals surface area contributed by atoms with E-state index >= 15 is 0 Å². The summed E-state index contributed by atoms with van der Waals surface area (Å²) in [5.41, 5.74) is 0. The Morgan fingerprint density at radius 1 is 1.13 bits per heavy atom. The molecule has 3 rings (SSSR count). The van der Waals surface area contributed by atoms with E-state index in [1.807, 2.05) is 9.80 Å². The molecule has 0 atom stereocenters. The zero-order valence-electron chi connectivity index (χ0n) is 17.9. The molecular formula is C19H31N7O3S. The van der Waals surface area contributed by atoms with Crippen molar-refractivity contribution in [2.24, 2.45) is 4.99 Å². The van der Waals surface area contributed by atoms with Gasteiger partial charge in [-0.1, -0.05) is 0 Å². The predicted octanol–water partition coefficient (Wildman–Crippen LogP) is -0.400. The van der Waals surface area contributed by atoms with E-state index in [0.717, 1.165) is 0 Å². The maximum atomic E-state index is 12.6. The van der Waals surface area contributed by atoms with E-state index in [1.54, 1.807) is 39.4 Å². The van der Waals surface area contributed by atoms with Crippen molar-refractivity contribution >= 4 is 27.7 Å². The first kappa shape index (κ1) is 22.3. The van der Waals surface area contributed by atoms with Crippen molar-refractivity contribution in [2.75, 3.05) is 63.5 Å². The number of carbonyl (C=O) groups excluding carboxylic acids is 1. The third-order valence-electron chi connectivity index (χ3n) is 5.64. The van der Waals surface area contributed by atoms with Crippen LogP contribution in [0.25, 0.3) is 0 Å². The van der Waals surface area contributed by atoms with E-state index in [4.69, 9.17) is 0 Å². The Bertz CT molecular complexity index is 865. The highest BCUT2D eigenvalue weighted by Crippen LogP contribution is 2.23. The van der Waals surface area contributed by atoms with Crippen LogP contribution >= 0.6 is 0 Å². The second kappa shape index (κ2) is 9.15. The number of hydrogen-bond donors (Lipinski definition) is 1. The molecule has 2 saturated heterocycles. The third-order valence-corrected chi connectivity index (χ3v) is 8.18. The molecule has 1 aromatic rings. The van der Waals surface area contributed by atoms with Gasteiger partial charge in [0, 0.05) is 71.7 Å². The van der Waals surface area contributed by atoms with Crippen molar-refractivity contribution in [3.05, 3.63) is 18.5 Å². The second-order valence-electron chi connectivity index (χ2n) is 8.14. The highest BCUT2D eigenvalue weighted by atomic mass is 32.2. The minimum Gasteiger partial charge on any atom is -0.356 e. The van der Waals surface area contributed by atoms with Gasteiger partial charge < -0.3 is 20.0 Å². The Hall–Kier alpha value is -2.43. The van der Waals surface area contributed by atoms with Crippen molar-refractivity contribution in [3.8, 4) is 0 Å². The number of nitrogens with zero attached hydrogens (tertiary/aromatic N) is 6. The zero-order chi connectivity index (χ0) is 21.8. The van der Waals surface area contributed by atoms with Gasteiger partial charge in [0.1, 0.15) is 0 Å². The van der Waals surface area contributed by atoms with E-state index in [2.05, 4.69) is 25.2 Å². The SMILES string of the molecule is CN=C(NCCC(=O)N1CCN(c2ncccn2)CC1)N1CCS(=O)(=O)C(C)(C)C1. The fourth-order valence-corrected chi connectivity index (χ4v) is 5.07. The first-order chi connectivity index (χ1) is 14.2. The molecule has 0 bridgehead atoms. The average molecular weight is 438 g/mol. The van der Waals surface area contributed by atoms with Gasteiger partial charge in [-0.3, -0.25) is 9.79 Å². The smallest absolute Gasteiger partial charge is 0.225 e. The Morgan fingerprint density at radius 2 is 1.80 bits per heavy atom. The molecule has 30 heavy (non-hydrogen) atoms. The lowest BCUT2D eigenvalue weighted by atomic mass is 10.2. The van der Waals surface area contributed by atoms with Crippen LogP contribution < -0.4 is 10.2 Å². The largest absolute Gasteiger partial charge is 0.356 e. The maximum absolute atomic E-state index is 12.6. The molecule has 0 spiro atoms. The molecule has 0 aromatic carbocycles. The number of aliphatic imine (C=N–C) groups is 1. The van der Waals surface area contributed by atoms with Gasteiger partial charge in [0.05, 0.1) is 10.5 Å². The van der Waals surface area contributed by atoms with Crippen LogP contribution in [-0.2, 0) is 14.6 Å². The lowest BCUT2D eigenvalue weighted by Gasteiger charge is -2.39. The first-order valence-electron chi connectivity index (χ1n) is 10.2. The van der Waals surface area contributed by atoms with Gasteiger partial charge in [0.15, 0.2) is 15.8 Å². The molecule has 2 aliphatic rings. The van der Waals surface area contributed by atoms with Gasteiger partial charge in [0.2, 0.25) is 11.9 Å². The van der Waals surface area contributed by atoms with Crippen molar-refractivity contribution in [1.29, 1.82) is 0 Å². The van der Waals surface area contributed by atoms with E-state index in [0.29, 0.717) is 64.1 Å². The van der Waals surface area contributed by atoms with Crippen LogP contribution in [0.3, 0.4) is 0 Å². The number of rotatable bonds is 4. The van der Waals surface area contributed by atoms with Crippen molar-refractivity contribution in [2.45, 2.75) is 25.0 Å². The van der Waals surface area contributed by atoms with Crippen LogP contribution in [0.15, 0.2) is 23.5 Å². The molecule has 0 aliphatic carbocycles. The molecule has 2 aliphatic heterocycles. The number of sulfone groups is 1. The molecule has 0 unspecified atom stereocenters. The van der Waals surface area contributed by atoms with Gasteiger partial charge >= 0.3 is 0 Å². The monoisotopic (exact) mass is 437 g/mol. The molecule has 166 valence electrons. The summed E-state index contributed by atoms with van der Waals surface area (Å²) in [6, 6.07) is 1.79. The molecule has 1 aromatic heterocycles. The standard InChI is InChI=1S/C19H31N7O3S/c1-19(2)15-26(13-14-30(19,28)29)17(20-3)23-8-5-16(27)24-9-11-25(12-10-24)18-21-6-4-7-22-18/h4,6-7H,5,8-15H2,1-3H3,(H,20,23). The molecular weight excluding hydrogens is 406 g/mol. The van der Waals surface area contributed by atoms with Gasteiger partial charge in [-0.15, -0.1) is 0 Å². The van der Waals surface area contributed by atoms with Gasteiger partial charge in [-0.2, -0.15) is 0 Å². The minimum atomic E-state index is -3.11. The van der Waals surface area contributed by atoms with Crippen LogP contribution in [0.4, 0.5) is 5.95 Å². The molecule has 10 nitrogen and oxygen atoms in total. The van der Waals surface area contributed by atoms with Crippen LogP contribution in [0.1, 0.15) is 20.3 Å². The molecule has 11 heteroatoms. The fraction of sp³-hybridized carbons (Fsp3) is 0.684. The van der Waals surface area contributed by atoms with Gasteiger partial charge in [0.25, 0.3) is 0 Å². The number of guanidine groups is 1. The molecule has 0 radical (unpaired) electrons. The second-order valence-corrected chi connectivity index (χ2v) is 10.9. The summed E-state index contributed by atoms with van der Waals surface area (Å²) in [6.45, 7) is 7.43. The molecule has 1 N–H and O–H groups in total. The lowest BCUT2D eigenvalue weighted by Crippen LogP contribution is -2.57. The maximum Gasteiger partial charge on any atom is 0.225 e. The van der Waals surface area contributed by atoms with Crippen LogP contribution in [0, 0.1) is 0 Å². The summed E-state index contributed by atoms with van der Waals surface area (Å²) < 4.78 is 23.6. The number of anilines is 1. The normalized spacial score (nSPS) is 21.4. The fourth-order valence-electron chi connectivity index (χ4n) is 3.71. The molecule has 1 amide bonds. The summed E-state index contributed by atoms with van der Waals surface area (Å²) in [4.78, 5) is 31.3. The summed E-state index contributed by atoms with van der Waals surface area (Å²) in [5, 5.41) is 3.21. The van der Waals surface area contributed by atoms with Crippen molar-refractivity contribution in [1.82, 2.24) is 25.1 Å². The van der Waals surface area contributed by atoms with Crippen LogP contribution in [0.5, 0.6) is 0 Å². The number of nitrogens with one attached hydrogen (secondary N) is 1. The van der Waals surface area contributed by atoms with E-state index in [-0.39, 0.29) is 11.7 Å². The summed E-state index contributed by atoms with van der Waals surface area (Å²) in [5.74, 6) is 1.53. The number of hydrogen-bond acceptors (Lipinski definition) is 7. The molecule has 0 saturated carbocycles. The predicted molar refractivity (Wildman–Crippen MR) is 116 cm³/mol. The van der Waals surface area contributed by atoms with Crippen molar-refractivity contribution < 1.29 is 13.2 Å². The lowest BCUT2D eigenvalue weighted by molar-refractivity contribution is -0.131. The molecule has 2 fully saturated rings. The zero-order valence-corrected chi connectivity index (χ0v) is 18.7.